The normalized spacial score (nSPS) is 18.4. The zero-order chi connectivity index (χ0) is 19.9. The minimum Gasteiger partial charge on any atom is -0.506 e. The molecule has 0 saturated carbocycles. The maximum Gasteiger partial charge on any atom is 0.265 e. The number of para-hydroxylation sites is 2. The Hall–Kier alpha value is -3.06. The van der Waals surface area contributed by atoms with Crippen LogP contribution in [-0.4, -0.2) is 25.6 Å². The molecule has 144 valence electrons. The summed E-state index contributed by atoms with van der Waals surface area (Å²) in [4.78, 5) is 13.8. The van der Waals surface area contributed by atoms with E-state index in [0.29, 0.717) is 28.0 Å². The molecule has 0 fully saturated rings. The number of pyridine rings is 1. The van der Waals surface area contributed by atoms with E-state index in [9.17, 15) is 14.1 Å². The van der Waals surface area contributed by atoms with Crippen molar-refractivity contribution >= 4 is 38.0 Å². The van der Waals surface area contributed by atoms with E-state index in [2.05, 4.69) is 22.5 Å². The van der Waals surface area contributed by atoms with Crippen LogP contribution < -0.4 is 10.9 Å². The molecule has 0 bridgehead atoms. The second kappa shape index (κ2) is 6.83. The summed E-state index contributed by atoms with van der Waals surface area (Å²) in [5.74, 6) is 3.66. The molecule has 2 aromatic carbocycles. The fourth-order valence-electron chi connectivity index (χ4n) is 3.44. The van der Waals surface area contributed by atoms with E-state index >= 15 is 0 Å². The third-order valence-electron chi connectivity index (χ3n) is 4.84. The maximum absolute atomic E-state index is 13.3. The lowest BCUT2D eigenvalue weighted by molar-refractivity contribution is 0.477. The van der Waals surface area contributed by atoms with Crippen molar-refractivity contribution in [2.45, 2.75) is 31.2 Å². The molecule has 7 heteroatoms. The highest BCUT2D eigenvalue weighted by Gasteiger charge is 2.26. The molecule has 1 aromatic heterocycles. The van der Waals surface area contributed by atoms with Crippen LogP contribution in [0.25, 0.3) is 10.9 Å². The summed E-state index contributed by atoms with van der Waals surface area (Å²) in [5.41, 5.74) is 0.875. The first kappa shape index (κ1) is 18.3. The molecule has 1 unspecified atom stereocenters. The number of anilines is 1. The quantitative estimate of drug-likeness (QED) is 0.664. The molecule has 1 aliphatic rings. The van der Waals surface area contributed by atoms with Crippen molar-refractivity contribution in [1.29, 1.82) is 0 Å². The molecule has 0 amide bonds. The number of unbranched alkanes of at least 4 members (excludes halogenated alkanes) is 1. The summed E-state index contributed by atoms with van der Waals surface area (Å²) < 4.78 is 18.9. The van der Waals surface area contributed by atoms with Gasteiger partial charge in [0.1, 0.15) is 11.3 Å². The second-order valence-electron chi connectivity index (χ2n) is 6.75. The SMILES string of the molecule is C=S1(=O)N=C(c2c(O)c3ccccc3n(CCCC)c2=O)Nc2ccccc21. The Kier molecular flexibility index (Phi) is 4.47. The fraction of sp³-hybridized carbons (Fsp3) is 0.190. The van der Waals surface area contributed by atoms with E-state index in [4.69, 9.17) is 0 Å². The van der Waals surface area contributed by atoms with Gasteiger partial charge in [0.05, 0.1) is 25.8 Å². The summed E-state index contributed by atoms with van der Waals surface area (Å²) in [6.45, 7) is 2.57. The van der Waals surface area contributed by atoms with Crippen LogP contribution in [0.1, 0.15) is 25.3 Å². The van der Waals surface area contributed by atoms with Crippen LogP contribution in [0.15, 0.2) is 62.6 Å². The molecule has 3 aromatic rings. The van der Waals surface area contributed by atoms with Gasteiger partial charge in [-0.3, -0.25) is 4.79 Å². The van der Waals surface area contributed by atoms with E-state index < -0.39 is 9.71 Å². The van der Waals surface area contributed by atoms with Gasteiger partial charge < -0.3 is 15.0 Å². The van der Waals surface area contributed by atoms with Crippen LogP contribution in [0.4, 0.5) is 5.69 Å². The summed E-state index contributed by atoms with van der Waals surface area (Å²) in [5, 5.41) is 14.5. The number of hydrogen-bond donors (Lipinski definition) is 2. The summed E-state index contributed by atoms with van der Waals surface area (Å²) in [6, 6.07) is 14.2. The highest BCUT2D eigenvalue weighted by Crippen LogP contribution is 2.32. The molecular formula is C21H21N3O3S. The Balaban J connectivity index is 2.00. The Labute approximate surface area is 163 Å². The molecule has 1 atom stereocenters. The molecule has 28 heavy (non-hydrogen) atoms. The molecule has 0 spiro atoms. The summed E-state index contributed by atoms with van der Waals surface area (Å²) in [6.07, 6.45) is 1.75. The molecule has 0 radical (unpaired) electrons. The van der Waals surface area contributed by atoms with Crippen molar-refractivity contribution in [3.05, 3.63) is 64.4 Å². The van der Waals surface area contributed by atoms with E-state index in [0.717, 1.165) is 12.8 Å². The number of aryl methyl sites for hydroxylation is 1. The van der Waals surface area contributed by atoms with Crippen molar-refractivity contribution in [2.24, 2.45) is 4.40 Å². The first-order chi connectivity index (χ1) is 13.4. The van der Waals surface area contributed by atoms with Crippen molar-refractivity contribution in [2.75, 3.05) is 5.32 Å². The molecule has 1 aliphatic heterocycles. The lowest BCUT2D eigenvalue weighted by Gasteiger charge is -2.22. The third-order valence-corrected chi connectivity index (χ3v) is 6.36. The Morgan fingerprint density at radius 3 is 2.68 bits per heavy atom. The molecule has 2 N–H and O–H groups in total. The predicted octanol–water partition coefficient (Wildman–Crippen LogP) is 3.37. The minimum atomic E-state index is -2.99. The maximum atomic E-state index is 13.3. The Morgan fingerprint density at radius 2 is 1.89 bits per heavy atom. The molecule has 4 rings (SSSR count). The van der Waals surface area contributed by atoms with Crippen molar-refractivity contribution in [3.8, 4) is 5.75 Å². The molecular weight excluding hydrogens is 374 g/mol. The lowest BCUT2D eigenvalue weighted by atomic mass is 10.1. The van der Waals surface area contributed by atoms with Crippen LogP contribution in [-0.2, 0) is 16.3 Å². The summed E-state index contributed by atoms with van der Waals surface area (Å²) >= 11 is 0. The number of nitrogens with one attached hydrogen (secondary N) is 1. The van der Waals surface area contributed by atoms with E-state index in [-0.39, 0.29) is 22.7 Å². The number of hydrogen-bond acceptors (Lipinski definition) is 4. The lowest BCUT2D eigenvalue weighted by Crippen LogP contribution is -2.32. The van der Waals surface area contributed by atoms with Crippen LogP contribution in [0.5, 0.6) is 5.75 Å². The number of aromatic nitrogens is 1. The summed E-state index contributed by atoms with van der Waals surface area (Å²) in [7, 11) is -2.99. The number of benzene rings is 2. The van der Waals surface area contributed by atoms with Crippen LogP contribution in [0.3, 0.4) is 0 Å². The zero-order valence-corrected chi connectivity index (χ0v) is 16.3. The number of nitrogens with zero attached hydrogens (tertiary/aromatic N) is 2. The average Bonchev–Trinajstić information content (AvgIpc) is 2.68. The van der Waals surface area contributed by atoms with E-state index in [1.807, 2.05) is 12.1 Å². The van der Waals surface area contributed by atoms with Gasteiger partial charge in [-0.05, 0) is 36.6 Å². The first-order valence-corrected chi connectivity index (χ1v) is 10.8. The zero-order valence-electron chi connectivity index (χ0n) is 15.5. The highest BCUT2D eigenvalue weighted by atomic mass is 32.2. The van der Waals surface area contributed by atoms with Gasteiger partial charge in [0.2, 0.25) is 0 Å². The van der Waals surface area contributed by atoms with E-state index in [1.165, 1.54) is 0 Å². The number of fused-ring (bicyclic) bond motifs is 2. The van der Waals surface area contributed by atoms with Gasteiger partial charge in [0.25, 0.3) is 5.56 Å². The number of amidine groups is 1. The van der Waals surface area contributed by atoms with Gasteiger partial charge in [-0.25, -0.2) is 4.21 Å². The van der Waals surface area contributed by atoms with Gasteiger partial charge in [0, 0.05) is 11.9 Å². The monoisotopic (exact) mass is 395 g/mol. The first-order valence-electron chi connectivity index (χ1n) is 9.12. The Morgan fingerprint density at radius 1 is 1.18 bits per heavy atom. The second-order valence-corrected chi connectivity index (χ2v) is 8.66. The molecule has 0 aliphatic carbocycles. The smallest absolute Gasteiger partial charge is 0.265 e. The number of rotatable bonds is 4. The predicted molar refractivity (Wildman–Crippen MR) is 115 cm³/mol. The van der Waals surface area contributed by atoms with Crippen LogP contribution in [0, 0.1) is 0 Å². The van der Waals surface area contributed by atoms with Crippen molar-refractivity contribution in [1.82, 2.24) is 4.57 Å². The van der Waals surface area contributed by atoms with Gasteiger partial charge in [-0.15, -0.1) is 0 Å². The topological polar surface area (TPSA) is 83.7 Å². The molecule has 2 heterocycles. The standard InChI is InChI=1S/C21H21N3O3S/c1-3-4-13-24-16-11-7-5-9-14(16)19(25)18(21(24)26)20-22-15-10-6-8-12-17(15)28(2,27)23-20/h5-12,25H,2-4,13H2,1H3,(H,22,23,27). The van der Waals surface area contributed by atoms with Gasteiger partial charge in [-0.2, -0.15) is 4.40 Å². The molecule has 6 nitrogen and oxygen atoms in total. The van der Waals surface area contributed by atoms with Crippen molar-refractivity contribution < 1.29 is 9.32 Å². The fourth-order valence-corrected chi connectivity index (χ4v) is 4.73. The van der Waals surface area contributed by atoms with Crippen LogP contribution >= 0.6 is 0 Å². The van der Waals surface area contributed by atoms with Gasteiger partial charge in [-0.1, -0.05) is 37.6 Å². The molecule has 0 saturated heterocycles. The van der Waals surface area contributed by atoms with E-state index in [1.54, 1.807) is 41.0 Å². The van der Waals surface area contributed by atoms with Gasteiger partial charge >= 0.3 is 0 Å². The largest absolute Gasteiger partial charge is 0.506 e. The third kappa shape index (κ3) is 2.88. The Bertz CT molecular complexity index is 1270. The average molecular weight is 395 g/mol. The van der Waals surface area contributed by atoms with Gasteiger partial charge in [0.15, 0.2) is 5.84 Å². The number of aromatic hydroxyl groups is 1. The highest BCUT2D eigenvalue weighted by molar-refractivity contribution is 7.99. The minimum absolute atomic E-state index is 0.0145. The van der Waals surface area contributed by atoms with Crippen LogP contribution in [0.2, 0.25) is 0 Å². The van der Waals surface area contributed by atoms with Crippen molar-refractivity contribution in [3.63, 3.8) is 0 Å².